The van der Waals surface area contributed by atoms with Gasteiger partial charge in [-0.2, -0.15) is 11.8 Å². The highest BCUT2D eigenvalue weighted by Crippen LogP contribution is 2.35. The molecule has 1 aliphatic heterocycles. The Bertz CT molecular complexity index is 460. The van der Waals surface area contributed by atoms with Gasteiger partial charge in [-0.25, -0.2) is 0 Å². The molecular weight excluding hydrogens is 298 g/mol. The third kappa shape index (κ3) is 4.24. The first-order valence-electron chi connectivity index (χ1n) is 7.77. The SMILES string of the molecule is CSCCC(O)CNC(=O)C1(c2ccccc2)CCOCC1. The highest BCUT2D eigenvalue weighted by atomic mass is 32.2. The van der Waals surface area contributed by atoms with Gasteiger partial charge in [0.05, 0.1) is 11.5 Å². The van der Waals surface area contributed by atoms with Crippen molar-refractivity contribution in [1.82, 2.24) is 5.32 Å². The number of ether oxygens (including phenoxy) is 1. The van der Waals surface area contributed by atoms with Crippen molar-refractivity contribution in [2.45, 2.75) is 30.8 Å². The van der Waals surface area contributed by atoms with Crippen LogP contribution < -0.4 is 5.32 Å². The molecule has 1 aromatic rings. The Balaban J connectivity index is 2.04. The molecule has 0 spiro atoms. The third-order valence-electron chi connectivity index (χ3n) is 4.26. The topological polar surface area (TPSA) is 58.6 Å². The molecule has 5 heteroatoms. The predicted octanol–water partition coefficient (Wildman–Crippen LogP) is 1.96. The van der Waals surface area contributed by atoms with E-state index in [4.69, 9.17) is 4.74 Å². The van der Waals surface area contributed by atoms with Crippen LogP contribution in [-0.4, -0.2) is 48.9 Å². The molecule has 2 rings (SSSR count). The lowest BCUT2D eigenvalue weighted by molar-refractivity contribution is -0.131. The van der Waals surface area contributed by atoms with Gasteiger partial charge < -0.3 is 15.2 Å². The fourth-order valence-electron chi connectivity index (χ4n) is 2.86. The average molecular weight is 323 g/mol. The normalized spacial score (nSPS) is 18.6. The van der Waals surface area contributed by atoms with Gasteiger partial charge in [0, 0.05) is 19.8 Å². The van der Waals surface area contributed by atoms with Crippen LogP contribution in [0.3, 0.4) is 0 Å². The molecule has 2 N–H and O–H groups in total. The number of aliphatic hydroxyl groups excluding tert-OH is 1. The van der Waals surface area contributed by atoms with Crippen molar-refractivity contribution in [3.63, 3.8) is 0 Å². The zero-order valence-electron chi connectivity index (χ0n) is 13.1. The summed E-state index contributed by atoms with van der Waals surface area (Å²) in [5, 5.41) is 12.9. The summed E-state index contributed by atoms with van der Waals surface area (Å²) in [5.41, 5.74) is 0.507. The number of hydrogen-bond donors (Lipinski definition) is 2. The van der Waals surface area contributed by atoms with Gasteiger partial charge in [0.15, 0.2) is 0 Å². The number of carbonyl (C=O) groups is 1. The van der Waals surface area contributed by atoms with E-state index in [1.165, 1.54) is 0 Å². The van der Waals surface area contributed by atoms with E-state index in [1.54, 1.807) is 11.8 Å². The van der Waals surface area contributed by atoms with Crippen LogP contribution in [0.1, 0.15) is 24.8 Å². The van der Waals surface area contributed by atoms with Crippen LogP contribution in [0.25, 0.3) is 0 Å². The highest BCUT2D eigenvalue weighted by Gasteiger charge is 2.41. The van der Waals surface area contributed by atoms with Gasteiger partial charge >= 0.3 is 0 Å². The van der Waals surface area contributed by atoms with E-state index >= 15 is 0 Å². The Kier molecular flexibility index (Phi) is 6.73. The van der Waals surface area contributed by atoms with Gasteiger partial charge in [-0.05, 0) is 36.8 Å². The summed E-state index contributed by atoms with van der Waals surface area (Å²) in [7, 11) is 0. The zero-order valence-corrected chi connectivity index (χ0v) is 13.9. The molecule has 4 nitrogen and oxygen atoms in total. The minimum Gasteiger partial charge on any atom is -0.391 e. The van der Waals surface area contributed by atoms with Gasteiger partial charge in [-0.3, -0.25) is 4.79 Å². The molecule has 1 heterocycles. The Hall–Kier alpha value is -1.04. The van der Waals surface area contributed by atoms with Crippen LogP contribution in [0.2, 0.25) is 0 Å². The van der Waals surface area contributed by atoms with Gasteiger partial charge in [0.1, 0.15) is 0 Å². The summed E-state index contributed by atoms with van der Waals surface area (Å²) in [6.07, 6.45) is 3.60. The molecular formula is C17H25NO3S. The minimum atomic E-state index is -0.529. The van der Waals surface area contributed by atoms with Gasteiger partial charge in [0.25, 0.3) is 0 Å². The minimum absolute atomic E-state index is 0.00482. The number of rotatable bonds is 7. The van der Waals surface area contributed by atoms with Crippen LogP contribution in [0, 0.1) is 0 Å². The third-order valence-corrected chi connectivity index (χ3v) is 4.90. The quantitative estimate of drug-likeness (QED) is 0.805. The van der Waals surface area contributed by atoms with Crippen molar-refractivity contribution in [2.24, 2.45) is 0 Å². The molecule has 0 radical (unpaired) electrons. The van der Waals surface area contributed by atoms with Crippen molar-refractivity contribution >= 4 is 17.7 Å². The molecule has 1 fully saturated rings. The van der Waals surface area contributed by atoms with Crippen LogP contribution in [0.4, 0.5) is 0 Å². The number of nitrogens with one attached hydrogen (secondary N) is 1. The molecule has 1 amide bonds. The first-order valence-corrected chi connectivity index (χ1v) is 9.17. The van der Waals surface area contributed by atoms with E-state index in [0.717, 1.165) is 11.3 Å². The zero-order chi connectivity index (χ0) is 15.8. The standard InChI is InChI=1S/C17H25NO3S/c1-22-12-7-15(19)13-18-16(20)17(8-10-21-11-9-17)14-5-3-2-4-6-14/h2-6,15,19H,7-13H2,1H3,(H,18,20). The summed E-state index contributed by atoms with van der Waals surface area (Å²) in [6, 6.07) is 9.91. The molecule has 0 saturated carbocycles. The largest absolute Gasteiger partial charge is 0.391 e. The number of aliphatic hydroxyl groups is 1. The number of hydrogen-bond acceptors (Lipinski definition) is 4. The van der Waals surface area contributed by atoms with Crippen molar-refractivity contribution in [3.05, 3.63) is 35.9 Å². The summed E-state index contributed by atoms with van der Waals surface area (Å²) < 4.78 is 5.44. The van der Waals surface area contributed by atoms with E-state index in [-0.39, 0.29) is 5.91 Å². The number of thioether (sulfide) groups is 1. The van der Waals surface area contributed by atoms with Gasteiger partial charge in [0.2, 0.25) is 5.91 Å². The number of amides is 1. The summed E-state index contributed by atoms with van der Waals surface area (Å²) in [6.45, 7) is 1.50. The second-order valence-electron chi connectivity index (χ2n) is 5.71. The maximum absolute atomic E-state index is 12.8. The summed E-state index contributed by atoms with van der Waals surface area (Å²) in [4.78, 5) is 12.8. The molecule has 1 atom stereocenters. The van der Waals surface area contributed by atoms with Crippen LogP contribution in [0.15, 0.2) is 30.3 Å². The van der Waals surface area contributed by atoms with Crippen LogP contribution in [-0.2, 0) is 14.9 Å². The van der Waals surface area contributed by atoms with Crippen LogP contribution >= 0.6 is 11.8 Å². The summed E-state index contributed by atoms with van der Waals surface area (Å²) in [5.74, 6) is 0.902. The van der Waals surface area contributed by atoms with E-state index in [2.05, 4.69) is 5.32 Å². The molecule has 0 aromatic heterocycles. The molecule has 0 aliphatic carbocycles. The lowest BCUT2D eigenvalue weighted by atomic mass is 9.73. The van der Waals surface area contributed by atoms with E-state index in [1.807, 2.05) is 36.6 Å². The Morgan fingerprint density at radius 2 is 2.05 bits per heavy atom. The van der Waals surface area contributed by atoms with Gasteiger partial charge in [-0.1, -0.05) is 30.3 Å². The predicted molar refractivity (Wildman–Crippen MR) is 90.2 cm³/mol. The lowest BCUT2D eigenvalue weighted by Crippen LogP contribution is -2.49. The smallest absolute Gasteiger partial charge is 0.230 e. The highest BCUT2D eigenvalue weighted by molar-refractivity contribution is 7.98. The van der Waals surface area contributed by atoms with Crippen LogP contribution in [0.5, 0.6) is 0 Å². The first kappa shape index (κ1) is 17.3. The van der Waals surface area contributed by atoms with Crippen molar-refractivity contribution in [2.75, 3.05) is 31.8 Å². The average Bonchev–Trinajstić information content (AvgIpc) is 2.59. The molecule has 1 unspecified atom stereocenters. The fraction of sp³-hybridized carbons (Fsp3) is 0.588. The molecule has 1 saturated heterocycles. The Morgan fingerprint density at radius 1 is 1.36 bits per heavy atom. The van der Waals surface area contributed by atoms with E-state index < -0.39 is 11.5 Å². The molecule has 1 aliphatic rings. The van der Waals surface area contributed by atoms with E-state index in [0.29, 0.717) is 39.0 Å². The second-order valence-corrected chi connectivity index (χ2v) is 6.69. The lowest BCUT2D eigenvalue weighted by Gasteiger charge is -2.36. The Labute approximate surface area is 136 Å². The molecule has 122 valence electrons. The van der Waals surface area contributed by atoms with Gasteiger partial charge in [-0.15, -0.1) is 0 Å². The van der Waals surface area contributed by atoms with E-state index in [9.17, 15) is 9.90 Å². The Morgan fingerprint density at radius 3 is 2.68 bits per heavy atom. The maximum Gasteiger partial charge on any atom is 0.230 e. The monoisotopic (exact) mass is 323 g/mol. The molecule has 0 bridgehead atoms. The van der Waals surface area contributed by atoms with Crippen molar-refractivity contribution in [1.29, 1.82) is 0 Å². The second kappa shape index (κ2) is 8.56. The maximum atomic E-state index is 12.8. The number of carbonyl (C=O) groups excluding carboxylic acids is 1. The summed E-state index contributed by atoms with van der Waals surface area (Å²) >= 11 is 1.70. The van der Waals surface area contributed by atoms with Crippen molar-refractivity contribution in [3.8, 4) is 0 Å². The number of benzene rings is 1. The molecule has 22 heavy (non-hydrogen) atoms. The fourth-order valence-corrected chi connectivity index (χ4v) is 3.37. The van der Waals surface area contributed by atoms with Crippen molar-refractivity contribution < 1.29 is 14.6 Å². The first-order chi connectivity index (χ1) is 10.7. The molecule has 1 aromatic carbocycles.